The number of halogens is 5. The molecule has 0 bridgehead atoms. The molecule has 0 saturated carbocycles. The Hall–Kier alpha value is -1.70. The molecule has 3 nitrogen and oxygen atoms in total. The second-order valence-corrected chi connectivity index (χ2v) is 3.45. The van der Waals surface area contributed by atoms with Crippen LogP contribution in [0.4, 0.5) is 22.0 Å². The molecular weight excluding hydrogens is 261 g/mol. The first-order chi connectivity index (χ1) is 8.26. The van der Waals surface area contributed by atoms with Crippen molar-refractivity contribution in [1.82, 2.24) is 5.32 Å². The molecule has 0 aliphatic carbocycles. The van der Waals surface area contributed by atoms with Gasteiger partial charge in [-0.3, -0.25) is 4.79 Å². The number of hydrogen-bond acceptors (Lipinski definition) is 2. The van der Waals surface area contributed by atoms with E-state index < -0.39 is 48.0 Å². The van der Waals surface area contributed by atoms with E-state index in [1.54, 1.807) is 5.32 Å². The van der Waals surface area contributed by atoms with E-state index in [0.717, 1.165) is 0 Å². The first-order valence-corrected chi connectivity index (χ1v) is 4.68. The predicted molar refractivity (Wildman–Crippen MR) is 50.7 cm³/mol. The van der Waals surface area contributed by atoms with Crippen molar-refractivity contribution >= 4 is 5.91 Å². The molecule has 0 atom stereocenters. The zero-order valence-electron chi connectivity index (χ0n) is 8.81. The Morgan fingerprint density at radius 1 is 1.22 bits per heavy atom. The number of nitrogens with one attached hydrogen (secondary N) is 1. The molecule has 2 N–H and O–H groups in total. The summed E-state index contributed by atoms with van der Waals surface area (Å²) < 4.78 is 63.2. The number of hydrogen-bond donors (Lipinski definition) is 2. The standard InChI is InChI=1S/C10H8F5NO2/c11-6-1-5(2-7(12)8(6)13)9(18)16-3-10(14,15)4-17/h1-2,17H,3-4H2,(H,16,18). The van der Waals surface area contributed by atoms with E-state index >= 15 is 0 Å². The molecule has 0 aliphatic heterocycles. The SMILES string of the molecule is O=C(NCC(F)(F)CO)c1cc(F)c(F)c(F)c1. The van der Waals surface area contributed by atoms with Crippen LogP contribution < -0.4 is 5.32 Å². The number of carbonyl (C=O) groups is 1. The van der Waals surface area contributed by atoms with Gasteiger partial charge in [-0.25, -0.2) is 22.0 Å². The number of benzene rings is 1. The molecule has 0 aromatic heterocycles. The van der Waals surface area contributed by atoms with Gasteiger partial charge < -0.3 is 10.4 Å². The van der Waals surface area contributed by atoms with Gasteiger partial charge >= 0.3 is 0 Å². The van der Waals surface area contributed by atoms with Crippen LogP contribution in [0.25, 0.3) is 0 Å². The highest BCUT2D eigenvalue weighted by atomic mass is 19.3. The Bertz CT molecular complexity index is 441. The van der Waals surface area contributed by atoms with Crippen molar-refractivity contribution in [3.8, 4) is 0 Å². The molecule has 18 heavy (non-hydrogen) atoms. The van der Waals surface area contributed by atoms with Crippen LogP contribution >= 0.6 is 0 Å². The van der Waals surface area contributed by atoms with Gasteiger partial charge in [0.2, 0.25) is 0 Å². The summed E-state index contributed by atoms with van der Waals surface area (Å²) in [6.45, 7) is -2.69. The molecule has 1 aromatic rings. The molecule has 1 aromatic carbocycles. The van der Waals surface area contributed by atoms with E-state index in [1.807, 2.05) is 0 Å². The summed E-state index contributed by atoms with van der Waals surface area (Å²) in [5.41, 5.74) is -0.639. The van der Waals surface area contributed by atoms with Crippen molar-refractivity contribution in [2.45, 2.75) is 5.92 Å². The molecule has 1 rings (SSSR count). The van der Waals surface area contributed by atoms with Crippen LogP contribution in [0.3, 0.4) is 0 Å². The van der Waals surface area contributed by atoms with Gasteiger partial charge in [0.05, 0.1) is 6.54 Å². The molecule has 0 saturated heterocycles. The van der Waals surface area contributed by atoms with Crippen molar-refractivity contribution < 1.29 is 31.9 Å². The second kappa shape index (κ2) is 5.30. The fourth-order valence-electron chi connectivity index (χ4n) is 1.05. The Morgan fingerprint density at radius 2 is 1.72 bits per heavy atom. The fraction of sp³-hybridized carbons (Fsp3) is 0.300. The predicted octanol–water partition coefficient (Wildman–Crippen LogP) is 1.46. The number of rotatable bonds is 4. The summed E-state index contributed by atoms with van der Waals surface area (Å²) in [5, 5.41) is 9.89. The van der Waals surface area contributed by atoms with Crippen molar-refractivity contribution in [2.24, 2.45) is 0 Å². The maximum absolute atomic E-state index is 12.8. The first-order valence-electron chi connectivity index (χ1n) is 4.68. The van der Waals surface area contributed by atoms with Crippen LogP contribution in [0.1, 0.15) is 10.4 Å². The van der Waals surface area contributed by atoms with E-state index in [1.165, 1.54) is 0 Å². The maximum Gasteiger partial charge on any atom is 0.287 e. The third-order valence-corrected chi connectivity index (χ3v) is 1.98. The van der Waals surface area contributed by atoms with E-state index in [-0.39, 0.29) is 0 Å². The van der Waals surface area contributed by atoms with E-state index in [9.17, 15) is 26.7 Å². The van der Waals surface area contributed by atoms with Crippen molar-refractivity contribution in [2.75, 3.05) is 13.2 Å². The lowest BCUT2D eigenvalue weighted by atomic mass is 10.2. The van der Waals surface area contributed by atoms with Crippen LogP contribution in [0.15, 0.2) is 12.1 Å². The highest BCUT2D eigenvalue weighted by Crippen LogP contribution is 2.14. The average Bonchev–Trinajstić information content (AvgIpc) is 2.32. The van der Waals surface area contributed by atoms with Crippen LogP contribution in [0.2, 0.25) is 0 Å². The van der Waals surface area contributed by atoms with Crippen molar-refractivity contribution in [1.29, 1.82) is 0 Å². The third kappa shape index (κ3) is 3.39. The molecule has 0 spiro atoms. The van der Waals surface area contributed by atoms with E-state index in [0.29, 0.717) is 12.1 Å². The Labute approximate surface area is 98.2 Å². The fourth-order valence-corrected chi connectivity index (χ4v) is 1.05. The first kappa shape index (κ1) is 14.4. The van der Waals surface area contributed by atoms with E-state index in [4.69, 9.17) is 5.11 Å². The van der Waals surface area contributed by atoms with Crippen molar-refractivity contribution in [3.63, 3.8) is 0 Å². The number of aliphatic hydroxyl groups is 1. The molecule has 1 amide bonds. The van der Waals surface area contributed by atoms with Gasteiger partial charge in [-0.05, 0) is 12.1 Å². The minimum atomic E-state index is -3.55. The normalized spacial score (nSPS) is 11.4. The lowest BCUT2D eigenvalue weighted by Crippen LogP contribution is -2.39. The van der Waals surface area contributed by atoms with Crippen LogP contribution in [-0.2, 0) is 0 Å². The van der Waals surface area contributed by atoms with Gasteiger partial charge in [-0.15, -0.1) is 0 Å². The molecule has 100 valence electrons. The minimum absolute atomic E-state index is 0.380. The Balaban J connectivity index is 2.80. The highest BCUT2D eigenvalue weighted by Gasteiger charge is 2.28. The van der Waals surface area contributed by atoms with Gasteiger partial charge in [-0.1, -0.05) is 0 Å². The molecular formula is C10H8F5NO2. The lowest BCUT2D eigenvalue weighted by Gasteiger charge is -2.13. The summed E-state index contributed by atoms with van der Waals surface area (Å²) in [5.74, 6) is -9.72. The summed E-state index contributed by atoms with van der Waals surface area (Å²) in [6.07, 6.45) is 0. The number of alkyl halides is 2. The zero-order chi connectivity index (χ0) is 13.9. The molecule has 8 heteroatoms. The molecule has 0 radical (unpaired) electrons. The van der Waals surface area contributed by atoms with Crippen LogP contribution in [-0.4, -0.2) is 30.1 Å². The summed E-state index contributed by atoms with van der Waals surface area (Å²) in [4.78, 5) is 11.2. The smallest absolute Gasteiger partial charge is 0.287 e. The Kier molecular flexibility index (Phi) is 4.23. The molecule has 0 heterocycles. The summed E-state index contributed by atoms with van der Waals surface area (Å²) >= 11 is 0. The largest absolute Gasteiger partial charge is 0.390 e. The van der Waals surface area contributed by atoms with Crippen molar-refractivity contribution in [3.05, 3.63) is 35.1 Å². The molecule has 0 aliphatic rings. The van der Waals surface area contributed by atoms with Gasteiger partial charge in [0.15, 0.2) is 17.5 Å². The number of amides is 1. The number of carbonyl (C=O) groups excluding carboxylic acids is 1. The molecule has 0 fully saturated rings. The van der Waals surface area contributed by atoms with Gasteiger partial charge in [0.25, 0.3) is 11.8 Å². The quantitative estimate of drug-likeness (QED) is 0.642. The average molecular weight is 269 g/mol. The van der Waals surface area contributed by atoms with Crippen LogP contribution in [0.5, 0.6) is 0 Å². The number of aliphatic hydroxyl groups excluding tert-OH is 1. The minimum Gasteiger partial charge on any atom is -0.390 e. The molecule has 0 unspecified atom stereocenters. The van der Waals surface area contributed by atoms with Gasteiger partial charge in [0, 0.05) is 5.56 Å². The van der Waals surface area contributed by atoms with Gasteiger partial charge in [-0.2, -0.15) is 0 Å². The Morgan fingerprint density at radius 3 is 2.17 bits per heavy atom. The summed E-state index contributed by atoms with van der Waals surface area (Å²) in [6, 6.07) is 0.760. The topological polar surface area (TPSA) is 49.3 Å². The van der Waals surface area contributed by atoms with Gasteiger partial charge in [0.1, 0.15) is 6.61 Å². The second-order valence-electron chi connectivity index (χ2n) is 3.45. The third-order valence-electron chi connectivity index (χ3n) is 1.98. The van der Waals surface area contributed by atoms with Crippen LogP contribution in [0, 0.1) is 17.5 Å². The monoisotopic (exact) mass is 269 g/mol. The maximum atomic E-state index is 12.8. The lowest BCUT2D eigenvalue weighted by molar-refractivity contribution is -0.0462. The highest BCUT2D eigenvalue weighted by molar-refractivity contribution is 5.94. The van der Waals surface area contributed by atoms with E-state index in [2.05, 4.69) is 0 Å². The summed E-state index contributed by atoms with van der Waals surface area (Å²) in [7, 11) is 0. The zero-order valence-corrected chi connectivity index (χ0v) is 8.81.